The molecule has 11 nitrogen and oxygen atoms in total. The number of amides is 3. The van der Waals surface area contributed by atoms with Gasteiger partial charge in [-0.05, 0) is 38.3 Å². The molecule has 1 saturated carbocycles. The molecule has 2 fully saturated rings. The summed E-state index contributed by atoms with van der Waals surface area (Å²) in [4.78, 5) is 55.9. The lowest BCUT2D eigenvalue weighted by atomic mass is 9.81. The number of imide groups is 1. The van der Waals surface area contributed by atoms with Crippen LogP contribution in [0.2, 0.25) is 5.02 Å². The summed E-state index contributed by atoms with van der Waals surface area (Å²) in [7, 11) is 2.96. The van der Waals surface area contributed by atoms with Crippen molar-refractivity contribution in [2.24, 2.45) is 16.8 Å². The largest absolute Gasteiger partial charge is 0.495 e. The molecule has 5 rings (SSSR count). The summed E-state index contributed by atoms with van der Waals surface area (Å²) in [5, 5.41) is 6.23. The van der Waals surface area contributed by atoms with Crippen LogP contribution in [0, 0.1) is 25.7 Å². The number of carbonyl (C=O) groups is 3. The van der Waals surface area contributed by atoms with Crippen molar-refractivity contribution in [3.8, 4) is 11.5 Å². The maximum atomic E-state index is 14.2. The average molecular weight is 619 g/mol. The van der Waals surface area contributed by atoms with Crippen LogP contribution < -0.4 is 20.1 Å². The molecule has 3 amide bonds. The van der Waals surface area contributed by atoms with Gasteiger partial charge in [0.1, 0.15) is 17.5 Å². The number of nitrogens with zero attached hydrogens (tertiary/aromatic N) is 4. The molecule has 1 aliphatic heterocycles. The Balaban J connectivity index is 1.54. The summed E-state index contributed by atoms with van der Waals surface area (Å²) in [5.41, 5.74) is 2.56. The van der Waals surface area contributed by atoms with Crippen molar-refractivity contribution in [2.75, 3.05) is 19.5 Å². The smallest absolute Gasteiger partial charge is 0.253 e. The van der Waals surface area contributed by atoms with Crippen molar-refractivity contribution in [2.45, 2.75) is 52.0 Å². The summed E-state index contributed by atoms with van der Waals surface area (Å²) < 4.78 is 10.9. The fourth-order valence-electron chi connectivity index (χ4n) is 5.86. The zero-order valence-corrected chi connectivity index (χ0v) is 25.9. The number of hydrogen-bond donors (Lipinski definition) is 2. The summed E-state index contributed by atoms with van der Waals surface area (Å²) in [6, 6.07) is 13.1. The first-order chi connectivity index (χ1) is 21.2. The third-order valence-electron chi connectivity index (χ3n) is 7.91. The van der Waals surface area contributed by atoms with Crippen molar-refractivity contribution in [1.82, 2.24) is 20.2 Å². The van der Waals surface area contributed by atoms with E-state index in [4.69, 9.17) is 21.1 Å². The zero-order chi connectivity index (χ0) is 31.4. The summed E-state index contributed by atoms with van der Waals surface area (Å²) >= 11 is 6.31. The van der Waals surface area contributed by atoms with Gasteiger partial charge in [-0.3, -0.25) is 24.6 Å². The van der Waals surface area contributed by atoms with Gasteiger partial charge in [-0.1, -0.05) is 54.8 Å². The molecule has 2 N–H and O–H groups in total. The molecule has 0 unspecified atom stereocenters. The Morgan fingerprint density at radius 3 is 2.18 bits per heavy atom. The maximum absolute atomic E-state index is 14.2. The lowest BCUT2D eigenvalue weighted by molar-refractivity contribution is -0.147. The van der Waals surface area contributed by atoms with Gasteiger partial charge in [0, 0.05) is 29.9 Å². The van der Waals surface area contributed by atoms with E-state index in [1.807, 2.05) is 44.2 Å². The number of likely N-dealkylation sites (tertiary alicyclic amines) is 1. The molecular weight excluding hydrogens is 584 g/mol. The normalized spacial score (nSPS) is 18.9. The second-order valence-corrected chi connectivity index (χ2v) is 11.4. The number of anilines is 1. The molecular formula is C32H35ClN6O5. The second kappa shape index (κ2) is 13.4. The molecule has 2 aromatic carbocycles. The molecule has 0 spiro atoms. The number of ether oxygens (including phenoxy) is 2. The van der Waals surface area contributed by atoms with Crippen LogP contribution in [-0.2, 0) is 20.8 Å². The van der Waals surface area contributed by atoms with E-state index in [0.717, 1.165) is 18.4 Å². The number of aliphatic imine (C=N–C) groups is 1. The van der Waals surface area contributed by atoms with Gasteiger partial charge in [0.15, 0.2) is 0 Å². The second-order valence-electron chi connectivity index (χ2n) is 11.0. The zero-order valence-electron chi connectivity index (χ0n) is 25.1. The highest BCUT2D eigenvalue weighted by molar-refractivity contribution is 6.32. The van der Waals surface area contributed by atoms with Gasteiger partial charge in [0.2, 0.25) is 23.7 Å². The number of rotatable bonds is 8. The minimum absolute atomic E-state index is 0.0442. The molecule has 230 valence electrons. The number of methoxy groups -OCH3 is 2. The molecule has 0 radical (unpaired) electrons. The van der Waals surface area contributed by atoms with E-state index in [1.165, 1.54) is 19.1 Å². The van der Waals surface area contributed by atoms with E-state index in [2.05, 4.69) is 25.6 Å². The number of fused-ring (bicyclic) bond motifs is 1. The Morgan fingerprint density at radius 1 is 0.977 bits per heavy atom. The topological polar surface area (TPSA) is 135 Å². The summed E-state index contributed by atoms with van der Waals surface area (Å²) in [5.74, 6) is -1.22. The van der Waals surface area contributed by atoms with Crippen LogP contribution in [0.5, 0.6) is 11.5 Å². The SMILES string of the molecule is COc1cc(NC(=Nc2nc(C)cc(C)n2)NC(=O)[C@H](Cc2ccccc2)N2C(=O)[C@H]3CCCC[C@@H]3C2=O)c(OC)cc1Cl. The molecule has 1 aromatic heterocycles. The molecule has 2 heterocycles. The van der Waals surface area contributed by atoms with E-state index in [0.29, 0.717) is 46.4 Å². The van der Waals surface area contributed by atoms with E-state index in [9.17, 15) is 14.4 Å². The third-order valence-corrected chi connectivity index (χ3v) is 8.21. The molecule has 2 aliphatic rings. The fourth-order valence-corrected chi connectivity index (χ4v) is 6.09. The van der Waals surface area contributed by atoms with Gasteiger partial charge < -0.3 is 14.8 Å². The van der Waals surface area contributed by atoms with Crippen molar-refractivity contribution in [3.05, 3.63) is 70.5 Å². The Hall–Kier alpha value is -4.51. The van der Waals surface area contributed by atoms with Crippen LogP contribution in [0.15, 0.2) is 53.5 Å². The highest BCUT2D eigenvalue weighted by atomic mass is 35.5. The van der Waals surface area contributed by atoms with Crippen molar-refractivity contribution >= 4 is 46.9 Å². The lowest BCUT2D eigenvalue weighted by Crippen LogP contribution is -2.53. The minimum atomic E-state index is -1.11. The number of aromatic nitrogens is 2. The monoisotopic (exact) mass is 618 g/mol. The van der Waals surface area contributed by atoms with Crippen LogP contribution in [0.3, 0.4) is 0 Å². The van der Waals surface area contributed by atoms with Crippen molar-refractivity contribution < 1.29 is 23.9 Å². The maximum Gasteiger partial charge on any atom is 0.253 e. The number of aryl methyl sites for hydroxylation is 2. The molecule has 44 heavy (non-hydrogen) atoms. The standard InChI is InChI=1S/C32H35ClN6O5/c1-18-14-19(2)35-31(34-18)38-32(36-24-17-26(43-3)23(33)16-27(24)44-4)37-28(40)25(15-20-10-6-5-7-11-20)39-29(41)21-12-8-9-13-22(21)30(39)42/h5-7,10-11,14,16-17,21-22,25H,8-9,12-13,15H2,1-4H3,(H2,34,35,36,37,38,40)/t21-,22-,25-/m0/s1. The van der Waals surface area contributed by atoms with Gasteiger partial charge in [-0.2, -0.15) is 4.99 Å². The molecule has 12 heteroatoms. The first-order valence-corrected chi connectivity index (χ1v) is 14.9. The van der Waals surface area contributed by atoms with Crippen LogP contribution in [0.25, 0.3) is 0 Å². The van der Waals surface area contributed by atoms with Gasteiger partial charge in [0.25, 0.3) is 5.95 Å². The van der Waals surface area contributed by atoms with E-state index in [1.54, 1.807) is 18.2 Å². The lowest BCUT2D eigenvalue weighted by Gasteiger charge is -2.26. The van der Waals surface area contributed by atoms with Gasteiger partial charge in [0.05, 0.1) is 36.8 Å². The van der Waals surface area contributed by atoms with Gasteiger partial charge in [-0.15, -0.1) is 0 Å². The summed E-state index contributed by atoms with van der Waals surface area (Å²) in [6.45, 7) is 3.62. The predicted molar refractivity (Wildman–Crippen MR) is 166 cm³/mol. The van der Waals surface area contributed by atoms with Crippen molar-refractivity contribution in [1.29, 1.82) is 0 Å². The Labute approximate surface area is 261 Å². The number of benzene rings is 2. The Kier molecular flexibility index (Phi) is 9.43. The number of carbonyl (C=O) groups excluding carboxylic acids is 3. The predicted octanol–water partition coefficient (Wildman–Crippen LogP) is 4.77. The molecule has 1 saturated heterocycles. The van der Waals surface area contributed by atoms with Crippen LogP contribution in [-0.4, -0.2) is 58.8 Å². The van der Waals surface area contributed by atoms with Crippen LogP contribution in [0.1, 0.15) is 42.6 Å². The first-order valence-electron chi connectivity index (χ1n) is 14.5. The Bertz CT molecular complexity index is 1550. The van der Waals surface area contributed by atoms with E-state index in [-0.39, 0.29) is 30.1 Å². The fraction of sp³-hybridized carbons (Fsp3) is 0.375. The van der Waals surface area contributed by atoms with Gasteiger partial charge >= 0.3 is 0 Å². The molecule has 3 aromatic rings. The van der Waals surface area contributed by atoms with E-state index < -0.39 is 23.8 Å². The summed E-state index contributed by atoms with van der Waals surface area (Å²) in [6.07, 6.45) is 3.18. The van der Waals surface area contributed by atoms with E-state index >= 15 is 0 Å². The number of halogens is 1. The van der Waals surface area contributed by atoms with Gasteiger partial charge in [-0.25, -0.2) is 9.97 Å². The van der Waals surface area contributed by atoms with Crippen LogP contribution >= 0.6 is 11.6 Å². The number of guanidine groups is 1. The molecule has 1 aliphatic carbocycles. The number of nitrogens with one attached hydrogen (secondary N) is 2. The molecule has 3 atom stereocenters. The van der Waals surface area contributed by atoms with Crippen molar-refractivity contribution in [3.63, 3.8) is 0 Å². The highest BCUT2D eigenvalue weighted by Gasteiger charge is 2.52. The quantitative estimate of drug-likeness (QED) is 0.209. The Morgan fingerprint density at radius 2 is 1.59 bits per heavy atom. The molecule has 0 bridgehead atoms. The first kappa shape index (κ1) is 30.9. The highest BCUT2D eigenvalue weighted by Crippen LogP contribution is 2.39. The van der Waals surface area contributed by atoms with Crippen LogP contribution in [0.4, 0.5) is 11.6 Å². The minimum Gasteiger partial charge on any atom is -0.495 e. The third kappa shape index (κ3) is 6.67. The number of hydrogen-bond acceptors (Lipinski definition) is 8. The average Bonchev–Trinajstić information content (AvgIpc) is 3.25.